The number of carbonyl (C=O) groups is 2. The van der Waals surface area contributed by atoms with E-state index in [-0.39, 0.29) is 24.6 Å². The molecule has 0 aliphatic carbocycles. The maximum atomic E-state index is 12.0. The monoisotopic (exact) mass is 310 g/mol. The first-order valence-electron chi connectivity index (χ1n) is 7.44. The summed E-state index contributed by atoms with van der Waals surface area (Å²) in [7, 11) is 0. The summed E-state index contributed by atoms with van der Waals surface area (Å²) in [6.07, 6.45) is 2.10. The third-order valence-electron chi connectivity index (χ3n) is 3.26. The fraction of sp³-hybridized carbons (Fsp3) is 0.529. The molecule has 0 fully saturated rings. The highest BCUT2D eigenvalue weighted by atomic mass is 35.5. The van der Waals surface area contributed by atoms with E-state index in [4.69, 9.17) is 16.3 Å². The molecule has 0 unspecified atom stereocenters. The number of Topliss-reactive ketones (excluding diaryl/α,β-unsaturated/α-hetero) is 1. The van der Waals surface area contributed by atoms with E-state index in [1.807, 2.05) is 13.0 Å². The molecule has 0 saturated carbocycles. The number of rotatable bonds is 8. The van der Waals surface area contributed by atoms with E-state index in [9.17, 15) is 9.59 Å². The van der Waals surface area contributed by atoms with E-state index in [1.165, 1.54) is 0 Å². The van der Waals surface area contributed by atoms with Gasteiger partial charge in [0, 0.05) is 17.0 Å². The van der Waals surface area contributed by atoms with Gasteiger partial charge in [-0.2, -0.15) is 0 Å². The Kier molecular flexibility index (Phi) is 7.44. The van der Waals surface area contributed by atoms with Crippen LogP contribution in [0.25, 0.3) is 0 Å². The average Bonchev–Trinajstić information content (AvgIpc) is 2.44. The maximum Gasteiger partial charge on any atom is 0.306 e. The molecule has 0 aliphatic heterocycles. The van der Waals surface area contributed by atoms with Crippen LogP contribution in [0, 0.1) is 0 Å². The van der Waals surface area contributed by atoms with Crippen LogP contribution in [-0.2, 0) is 9.53 Å². The van der Waals surface area contributed by atoms with Crippen LogP contribution in [0.3, 0.4) is 0 Å². The van der Waals surface area contributed by atoms with Gasteiger partial charge >= 0.3 is 5.97 Å². The molecule has 0 aliphatic rings. The zero-order chi connectivity index (χ0) is 15.8. The predicted molar refractivity (Wildman–Crippen MR) is 85.0 cm³/mol. The van der Waals surface area contributed by atoms with E-state index in [2.05, 4.69) is 13.8 Å². The van der Waals surface area contributed by atoms with E-state index in [0.717, 1.165) is 18.4 Å². The van der Waals surface area contributed by atoms with Crippen LogP contribution >= 0.6 is 11.6 Å². The summed E-state index contributed by atoms with van der Waals surface area (Å²) in [5, 5.41) is 0.598. The molecular formula is C17H23ClO3. The Balaban J connectivity index is 2.52. The molecule has 4 heteroatoms. The summed E-state index contributed by atoms with van der Waals surface area (Å²) in [6, 6.07) is 5.33. The molecule has 1 rings (SSSR count). The summed E-state index contributed by atoms with van der Waals surface area (Å²) in [5.74, 6) is -0.0865. The van der Waals surface area contributed by atoms with Crippen molar-refractivity contribution in [2.45, 2.75) is 52.4 Å². The third-order valence-corrected chi connectivity index (χ3v) is 3.59. The van der Waals surface area contributed by atoms with Crippen molar-refractivity contribution in [3.8, 4) is 0 Å². The Morgan fingerprint density at radius 3 is 2.52 bits per heavy atom. The fourth-order valence-corrected chi connectivity index (χ4v) is 2.33. The van der Waals surface area contributed by atoms with Crippen molar-refractivity contribution in [2.75, 3.05) is 6.61 Å². The largest absolute Gasteiger partial charge is 0.466 e. The second-order valence-electron chi connectivity index (χ2n) is 5.39. The summed E-state index contributed by atoms with van der Waals surface area (Å²) in [5.41, 5.74) is 1.57. The van der Waals surface area contributed by atoms with Gasteiger partial charge in [-0.05, 0) is 24.0 Å². The molecule has 0 spiro atoms. The van der Waals surface area contributed by atoms with E-state index in [1.54, 1.807) is 12.1 Å². The molecule has 116 valence electrons. The Bertz CT molecular complexity index is 495. The quantitative estimate of drug-likeness (QED) is 0.394. The number of hydrogen-bond donors (Lipinski definition) is 0. The second-order valence-corrected chi connectivity index (χ2v) is 5.80. The van der Waals surface area contributed by atoms with Crippen LogP contribution in [0.15, 0.2) is 18.2 Å². The van der Waals surface area contributed by atoms with Gasteiger partial charge < -0.3 is 4.74 Å². The predicted octanol–water partition coefficient (Wildman–Crippen LogP) is 4.77. The number of ether oxygens (including phenoxy) is 1. The van der Waals surface area contributed by atoms with Gasteiger partial charge in [0.25, 0.3) is 0 Å². The first kappa shape index (κ1) is 17.7. The zero-order valence-electron chi connectivity index (χ0n) is 12.9. The molecule has 0 aromatic heterocycles. The maximum absolute atomic E-state index is 12.0. The second kappa shape index (κ2) is 8.83. The highest BCUT2D eigenvalue weighted by Gasteiger charge is 2.13. The van der Waals surface area contributed by atoms with E-state index < -0.39 is 0 Å². The van der Waals surface area contributed by atoms with Crippen molar-refractivity contribution in [1.29, 1.82) is 0 Å². The first-order chi connectivity index (χ1) is 9.95. The minimum atomic E-state index is -0.318. The molecule has 1 aromatic rings. The van der Waals surface area contributed by atoms with Crippen LogP contribution < -0.4 is 0 Å². The number of halogens is 1. The molecule has 0 atom stereocenters. The molecule has 0 bridgehead atoms. The number of ketones is 1. The lowest BCUT2D eigenvalue weighted by Gasteiger charge is -2.09. The Labute approximate surface area is 131 Å². The lowest BCUT2D eigenvalue weighted by molar-refractivity contribution is -0.143. The smallest absolute Gasteiger partial charge is 0.306 e. The summed E-state index contributed by atoms with van der Waals surface area (Å²) < 4.78 is 5.03. The van der Waals surface area contributed by atoms with Gasteiger partial charge in [-0.15, -0.1) is 0 Å². The topological polar surface area (TPSA) is 43.4 Å². The zero-order valence-corrected chi connectivity index (χ0v) is 13.7. The molecule has 0 heterocycles. The Morgan fingerprint density at radius 2 is 1.95 bits per heavy atom. The van der Waals surface area contributed by atoms with E-state index >= 15 is 0 Å². The molecule has 0 N–H and O–H groups in total. The normalized spacial score (nSPS) is 10.7. The standard InChI is InChI=1S/C17H23ClO3/c1-4-5-10-21-17(20)9-8-16(19)13-6-7-14(12(2)3)15(18)11-13/h6-7,11-12H,4-5,8-10H2,1-3H3. The molecule has 0 saturated heterocycles. The number of unbranched alkanes of at least 4 members (excludes halogenated alkanes) is 1. The van der Waals surface area contributed by atoms with Crippen molar-refractivity contribution in [3.05, 3.63) is 34.3 Å². The van der Waals surface area contributed by atoms with Gasteiger partial charge in [0.1, 0.15) is 0 Å². The molecule has 1 aromatic carbocycles. The molecular weight excluding hydrogens is 288 g/mol. The summed E-state index contributed by atoms with van der Waals surface area (Å²) in [6.45, 7) is 6.56. The van der Waals surface area contributed by atoms with Crippen LogP contribution in [0.2, 0.25) is 5.02 Å². The number of benzene rings is 1. The SMILES string of the molecule is CCCCOC(=O)CCC(=O)c1ccc(C(C)C)c(Cl)c1. The fourth-order valence-electron chi connectivity index (χ4n) is 1.93. The van der Waals surface area contributed by atoms with Crippen molar-refractivity contribution < 1.29 is 14.3 Å². The minimum absolute atomic E-state index is 0.0837. The van der Waals surface area contributed by atoms with Crippen LogP contribution in [-0.4, -0.2) is 18.4 Å². The van der Waals surface area contributed by atoms with Crippen LogP contribution in [0.4, 0.5) is 0 Å². The van der Waals surface area contributed by atoms with Gasteiger partial charge in [-0.25, -0.2) is 0 Å². The molecule has 21 heavy (non-hydrogen) atoms. The summed E-state index contributed by atoms with van der Waals surface area (Å²) >= 11 is 6.17. The van der Waals surface area contributed by atoms with Gasteiger partial charge in [0.2, 0.25) is 0 Å². The minimum Gasteiger partial charge on any atom is -0.466 e. The van der Waals surface area contributed by atoms with Crippen molar-refractivity contribution >= 4 is 23.4 Å². The Morgan fingerprint density at radius 1 is 1.24 bits per heavy atom. The Hall–Kier alpha value is -1.35. The van der Waals surface area contributed by atoms with Gasteiger partial charge in [-0.3, -0.25) is 9.59 Å². The van der Waals surface area contributed by atoms with Crippen LogP contribution in [0.5, 0.6) is 0 Å². The lowest BCUT2D eigenvalue weighted by Crippen LogP contribution is -2.09. The van der Waals surface area contributed by atoms with Crippen molar-refractivity contribution in [1.82, 2.24) is 0 Å². The lowest BCUT2D eigenvalue weighted by atomic mass is 9.99. The highest BCUT2D eigenvalue weighted by Crippen LogP contribution is 2.25. The number of esters is 1. The average molecular weight is 311 g/mol. The molecule has 3 nitrogen and oxygen atoms in total. The molecule has 0 radical (unpaired) electrons. The highest BCUT2D eigenvalue weighted by molar-refractivity contribution is 6.31. The summed E-state index contributed by atoms with van der Waals surface area (Å²) in [4.78, 5) is 23.5. The van der Waals surface area contributed by atoms with Gasteiger partial charge in [-0.1, -0.05) is 50.9 Å². The van der Waals surface area contributed by atoms with Crippen LogP contribution in [0.1, 0.15) is 68.3 Å². The number of carbonyl (C=O) groups excluding carboxylic acids is 2. The molecule has 0 amide bonds. The number of hydrogen-bond acceptors (Lipinski definition) is 3. The third kappa shape index (κ3) is 5.88. The van der Waals surface area contributed by atoms with E-state index in [0.29, 0.717) is 23.1 Å². The first-order valence-corrected chi connectivity index (χ1v) is 7.81. The van der Waals surface area contributed by atoms with Gasteiger partial charge in [0.15, 0.2) is 5.78 Å². The van der Waals surface area contributed by atoms with Gasteiger partial charge in [0.05, 0.1) is 13.0 Å². The van der Waals surface area contributed by atoms with Crippen molar-refractivity contribution in [3.63, 3.8) is 0 Å². The van der Waals surface area contributed by atoms with Crippen molar-refractivity contribution in [2.24, 2.45) is 0 Å².